The second kappa shape index (κ2) is 16.8. The number of aromatic amines is 1. The summed E-state index contributed by atoms with van der Waals surface area (Å²) in [5, 5.41) is 27.6. The summed E-state index contributed by atoms with van der Waals surface area (Å²) in [6.45, 7) is 3.92. The number of carbonyl (C=O) groups excluding carboxylic acids is 1. The number of hydrogen-bond acceptors (Lipinski definition) is 9. The molecule has 0 spiro atoms. The summed E-state index contributed by atoms with van der Waals surface area (Å²) in [5.41, 5.74) is 3.27. The molecule has 0 unspecified atom stereocenters. The number of H-pyrrole nitrogens is 1. The van der Waals surface area contributed by atoms with Gasteiger partial charge in [-0.3, -0.25) is 15.0 Å². The maximum atomic E-state index is 12.8. The van der Waals surface area contributed by atoms with Crippen LogP contribution >= 0.6 is 0 Å². The number of likely N-dealkylation sites (tertiary alicyclic amines) is 1. The van der Waals surface area contributed by atoms with Crippen LogP contribution < -0.4 is 25.7 Å². The highest BCUT2D eigenvalue weighted by Crippen LogP contribution is 2.30. The fourth-order valence-corrected chi connectivity index (χ4v) is 6.11. The van der Waals surface area contributed by atoms with Gasteiger partial charge in [0.1, 0.15) is 25.1 Å². The van der Waals surface area contributed by atoms with Crippen molar-refractivity contribution in [3.05, 3.63) is 119 Å². The monoisotopic (exact) mass is 678 g/mol. The average Bonchev–Trinajstić information content (AvgIpc) is 3.13. The standard InChI is InChI=1S/C39H42N4O7/c44-33-16-14-30(31-15-17-37(46)42-38(31)33)34(45)26-40-20-24-48-35-12-6-7-13-36(35)49-25-23-43-21-18-28(19-22-43)50-39(47)41-32-11-5-4-10-29(32)27-8-2-1-3-9-27/h1-17,28,34,40,44-45H,18-26H2,(H,41,47)(H,42,46)/t34-/m1/s1. The third kappa shape index (κ3) is 9.00. The molecule has 11 nitrogen and oxygen atoms in total. The normalized spacial score (nSPS) is 14.3. The van der Waals surface area contributed by atoms with Crippen LogP contribution in [0, 0.1) is 0 Å². The number of pyridine rings is 1. The Labute approximate surface area is 290 Å². The Morgan fingerprint density at radius 1 is 0.860 bits per heavy atom. The van der Waals surface area contributed by atoms with E-state index in [1.54, 1.807) is 12.1 Å². The fraction of sp³-hybridized carbons (Fsp3) is 0.282. The summed E-state index contributed by atoms with van der Waals surface area (Å²) in [6.07, 6.45) is 0.0550. The minimum Gasteiger partial charge on any atom is -0.506 e. The van der Waals surface area contributed by atoms with Crippen LogP contribution in [0.1, 0.15) is 24.5 Å². The lowest BCUT2D eigenvalue weighted by atomic mass is 10.0. The first-order valence-electron chi connectivity index (χ1n) is 16.9. The van der Waals surface area contributed by atoms with Gasteiger partial charge in [0.15, 0.2) is 11.5 Å². The molecule has 1 aliphatic rings. The molecule has 4 aromatic carbocycles. The van der Waals surface area contributed by atoms with E-state index < -0.39 is 12.2 Å². The number of phenolic OH excluding ortho intramolecular Hbond substituents is 1. The first-order chi connectivity index (χ1) is 24.4. The maximum absolute atomic E-state index is 12.8. The average molecular weight is 679 g/mol. The lowest BCUT2D eigenvalue weighted by Gasteiger charge is -2.31. The van der Waals surface area contributed by atoms with Crippen LogP contribution in [-0.4, -0.2) is 78.2 Å². The molecule has 5 N–H and O–H groups in total. The topological polar surface area (TPSA) is 145 Å². The van der Waals surface area contributed by atoms with Crippen LogP contribution in [0.5, 0.6) is 17.2 Å². The number of hydrogen-bond donors (Lipinski definition) is 5. The minimum absolute atomic E-state index is 0.0474. The number of anilines is 1. The third-order valence-corrected chi connectivity index (χ3v) is 8.71. The molecule has 6 rings (SSSR count). The molecule has 5 aromatic rings. The number of amides is 1. The number of piperidine rings is 1. The Morgan fingerprint density at radius 3 is 2.34 bits per heavy atom. The number of rotatable bonds is 14. The van der Waals surface area contributed by atoms with E-state index in [2.05, 4.69) is 20.5 Å². The van der Waals surface area contributed by atoms with Crippen LogP contribution in [-0.2, 0) is 4.74 Å². The van der Waals surface area contributed by atoms with E-state index in [4.69, 9.17) is 14.2 Å². The summed E-state index contributed by atoms with van der Waals surface area (Å²) in [6, 6.07) is 31.3. The van der Waals surface area contributed by atoms with Gasteiger partial charge in [-0.2, -0.15) is 0 Å². The SMILES string of the molecule is O=C(Nc1ccccc1-c1ccccc1)OC1CCN(CCOc2ccccc2OCCNC[C@@H](O)c2ccc(O)c3[nH]c(=O)ccc23)CC1. The summed E-state index contributed by atoms with van der Waals surface area (Å²) < 4.78 is 17.8. The molecule has 50 heavy (non-hydrogen) atoms. The van der Waals surface area contributed by atoms with Crippen molar-refractivity contribution in [2.75, 3.05) is 51.3 Å². The number of phenols is 1. The number of carbonyl (C=O) groups is 1. The summed E-state index contributed by atoms with van der Waals surface area (Å²) in [7, 11) is 0. The van der Waals surface area contributed by atoms with Crippen LogP contribution in [0.25, 0.3) is 22.0 Å². The number of aliphatic hydroxyl groups excluding tert-OH is 1. The number of nitrogens with zero attached hydrogens (tertiary/aromatic N) is 1. The maximum Gasteiger partial charge on any atom is 0.411 e. The largest absolute Gasteiger partial charge is 0.506 e. The van der Waals surface area contributed by atoms with Gasteiger partial charge in [0, 0.05) is 49.7 Å². The lowest BCUT2D eigenvalue weighted by Crippen LogP contribution is -2.40. The second-order valence-corrected chi connectivity index (χ2v) is 12.1. The Morgan fingerprint density at radius 2 is 1.56 bits per heavy atom. The highest BCUT2D eigenvalue weighted by atomic mass is 16.6. The number of benzene rings is 4. The quantitative estimate of drug-likeness (QED) is 0.0935. The lowest BCUT2D eigenvalue weighted by molar-refractivity contribution is 0.0546. The van der Waals surface area contributed by atoms with Crippen LogP contribution in [0.4, 0.5) is 10.5 Å². The van der Waals surface area contributed by atoms with Gasteiger partial charge in [0.2, 0.25) is 5.56 Å². The van der Waals surface area contributed by atoms with Crippen LogP contribution in [0.3, 0.4) is 0 Å². The first-order valence-corrected chi connectivity index (χ1v) is 16.9. The molecule has 1 saturated heterocycles. The number of aromatic hydroxyl groups is 1. The van der Waals surface area contributed by atoms with E-state index in [9.17, 15) is 19.8 Å². The van der Waals surface area contributed by atoms with Crippen LogP contribution in [0.15, 0.2) is 108 Å². The molecule has 260 valence electrons. The number of nitrogens with one attached hydrogen (secondary N) is 3. The summed E-state index contributed by atoms with van der Waals surface area (Å²) in [5.74, 6) is 1.24. The number of ether oxygens (including phenoxy) is 3. The van der Waals surface area contributed by atoms with Crippen molar-refractivity contribution in [1.82, 2.24) is 15.2 Å². The molecule has 1 atom stereocenters. The van der Waals surface area contributed by atoms with Crippen molar-refractivity contribution in [3.8, 4) is 28.4 Å². The van der Waals surface area contributed by atoms with Crippen molar-refractivity contribution in [2.45, 2.75) is 25.0 Å². The fourth-order valence-electron chi connectivity index (χ4n) is 6.11. The van der Waals surface area contributed by atoms with E-state index in [0.717, 1.165) is 49.3 Å². The summed E-state index contributed by atoms with van der Waals surface area (Å²) >= 11 is 0. The Bertz CT molecular complexity index is 1930. The van der Waals surface area contributed by atoms with Gasteiger partial charge in [-0.1, -0.05) is 66.7 Å². The van der Waals surface area contributed by atoms with Gasteiger partial charge < -0.3 is 34.7 Å². The molecule has 1 aromatic heterocycles. The number of aromatic nitrogens is 1. The van der Waals surface area contributed by atoms with E-state index >= 15 is 0 Å². The molecule has 1 amide bonds. The van der Waals surface area contributed by atoms with Gasteiger partial charge in [-0.05, 0) is 54.3 Å². The highest BCUT2D eigenvalue weighted by molar-refractivity contribution is 5.91. The highest BCUT2D eigenvalue weighted by Gasteiger charge is 2.23. The number of aliphatic hydroxyl groups is 1. The van der Waals surface area contributed by atoms with Crippen LogP contribution in [0.2, 0.25) is 0 Å². The molecule has 11 heteroatoms. The van der Waals surface area contributed by atoms with E-state index in [0.29, 0.717) is 47.7 Å². The predicted octanol–water partition coefficient (Wildman–Crippen LogP) is 5.69. The molecule has 2 heterocycles. The van der Waals surface area contributed by atoms with Crippen molar-refractivity contribution >= 4 is 22.7 Å². The van der Waals surface area contributed by atoms with Gasteiger partial charge in [-0.25, -0.2) is 4.79 Å². The second-order valence-electron chi connectivity index (χ2n) is 12.1. The van der Waals surface area contributed by atoms with Crippen molar-refractivity contribution in [2.24, 2.45) is 0 Å². The van der Waals surface area contributed by atoms with E-state index in [1.165, 1.54) is 12.1 Å². The van der Waals surface area contributed by atoms with Crippen molar-refractivity contribution < 1.29 is 29.2 Å². The van der Waals surface area contributed by atoms with Gasteiger partial charge in [0.05, 0.1) is 17.3 Å². The third-order valence-electron chi connectivity index (χ3n) is 8.71. The zero-order chi connectivity index (χ0) is 34.7. The molecule has 0 saturated carbocycles. The predicted molar refractivity (Wildman–Crippen MR) is 193 cm³/mol. The minimum atomic E-state index is -0.851. The zero-order valence-corrected chi connectivity index (χ0v) is 27.7. The number of para-hydroxylation sites is 3. The van der Waals surface area contributed by atoms with E-state index in [1.807, 2.05) is 78.9 Å². The van der Waals surface area contributed by atoms with Crippen molar-refractivity contribution in [3.63, 3.8) is 0 Å². The number of fused-ring (bicyclic) bond motifs is 1. The first kappa shape index (κ1) is 34.5. The molecular formula is C39H42N4O7. The van der Waals surface area contributed by atoms with Crippen molar-refractivity contribution in [1.29, 1.82) is 0 Å². The van der Waals surface area contributed by atoms with Gasteiger partial charge in [-0.15, -0.1) is 0 Å². The Balaban J connectivity index is 0.891. The molecule has 1 aliphatic heterocycles. The van der Waals surface area contributed by atoms with Gasteiger partial charge >= 0.3 is 6.09 Å². The summed E-state index contributed by atoms with van der Waals surface area (Å²) in [4.78, 5) is 29.3. The molecule has 0 radical (unpaired) electrons. The van der Waals surface area contributed by atoms with E-state index in [-0.39, 0.29) is 24.0 Å². The molecule has 1 fully saturated rings. The molecular weight excluding hydrogens is 636 g/mol. The molecule has 0 aliphatic carbocycles. The van der Waals surface area contributed by atoms with Gasteiger partial charge in [0.25, 0.3) is 0 Å². The Kier molecular flexibility index (Phi) is 11.6. The smallest absolute Gasteiger partial charge is 0.411 e. The zero-order valence-electron chi connectivity index (χ0n) is 27.7. The molecule has 0 bridgehead atoms. The Hall–Kier alpha value is -5.36.